The number of hydrogen-bond acceptors (Lipinski definition) is 3. The van der Waals surface area contributed by atoms with E-state index in [1.807, 2.05) is 0 Å². The largest absolute Gasteiger partial charge is 0.399 e. The molecule has 4 nitrogen and oxygen atoms in total. The normalized spacial score (nSPS) is 10.4. The summed E-state index contributed by atoms with van der Waals surface area (Å²) in [6.07, 6.45) is 2.55. The van der Waals surface area contributed by atoms with Crippen LogP contribution in [0.5, 0.6) is 0 Å². The maximum atomic E-state index is 12.1. The van der Waals surface area contributed by atoms with Crippen LogP contribution in [0.3, 0.4) is 0 Å². The molecular weight excluding hydrogens is 252 g/mol. The van der Waals surface area contributed by atoms with Gasteiger partial charge in [0, 0.05) is 36.5 Å². The molecule has 0 aliphatic carbocycles. The van der Waals surface area contributed by atoms with Crippen molar-refractivity contribution in [3.8, 4) is 0 Å². The highest BCUT2D eigenvalue weighted by Crippen LogP contribution is 2.17. The van der Waals surface area contributed by atoms with Gasteiger partial charge in [-0.1, -0.05) is 11.6 Å². The Hall–Kier alpha value is -1.26. The van der Waals surface area contributed by atoms with Crippen LogP contribution in [0, 0.1) is 0 Å². The lowest BCUT2D eigenvalue weighted by Crippen LogP contribution is -2.27. The highest BCUT2D eigenvalue weighted by atomic mass is 35.5. The monoisotopic (exact) mass is 270 g/mol. The highest BCUT2D eigenvalue weighted by molar-refractivity contribution is 6.31. The number of aliphatic hydroxyl groups excluding tert-OH is 1. The average Bonchev–Trinajstić information content (AvgIpc) is 2.32. The summed E-state index contributed by atoms with van der Waals surface area (Å²) in [6.45, 7) is 0.855. The van der Waals surface area contributed by atoms with Crippen molar-refractivity contribution in [2.45, 2.75) is 19.3 Å². The van der Waals surface area contributed by atoms with Crippen LogP contribution in [0.2, 0.25) is 5.02 Å². The fourth-order valence-electron chi connectivity index (χ4n) is 1.70. The van der Waals surface area contributed by atoms with E-state index < -0.39 is 0 Å². The average molecular weight is 271 g/mol. The summed E-state index contributed by atoms with van der Waals surface area (Å²) in [5.41, 5.74) is 6.64. The number of carbonyl (C=O) groups is 1. The minimum atomic E-state index is -0.0896. The minimum absolute atomic E-state index is 0.0896. The second-order valence-electron chi connectivity index (χ2n) is 4.28. The predicted molar refractivity (Wildman–Crippen MR) is 73.8 cm³/mol. The van der Waals surface area contributed by atoms with Gasteiger partial charge in [-0.3, -0.25) is 4.79 Å². The maximum Gasteiger partial charge on any atom is 0.253 e. The molecule has 0 atom stereocenters. The van der Waals surface area contributed by atoms with Crippen molar-refractivity contribution < 1.29 is 9.90 Å². The summed E-state index contributed by atoms with van der Waals surface area (Å²) >= 11 is 5.87. The van der Waals surface area contributed by atoms with Gasteiger partial charge in [-0.15, -0.1) is 0 Å². The number of carbonyl (C=O) groups excluding carboxylic acids is 1. The van der Waals surface area contributed by atoms with Crippen LogP contribution in [-0.2, 0) is 0 Å². The summed E-state index contributed by atoms with van der Waals surface area (Å²) in [5.74, 6) is -0.0896. The van der Waals surface area contributed by atoms with Crippen LogP contribution in [-0.4, -0.2) is 36.1 Å². The molecule has 5 heteroatoms. The van der Waals surface area contributed by atoms with Gasteiger partial charge >= 0.3 is 0 Å². The molecule has 0 spiro atoms. The SMILES string of the molecule is CN(CCCCCO)C(=O)c1cc(N)cc(Cl)c1. The van der Waals surface area contributed by atoms with Gasteiger partial charge in [0.05, 0.1) is 0 Å². The molecule has 18 heavy (non-hydrogen) atoms. The van der Waals surface area contributed by atoms with Crippen molar-refractivity contribution in [2.24, 2.45) is 0 Å². The van der Waals surface area contributed by atoms with Crippen LogP contribution in [0.4, 0.5) is 5.69 Å². The Bertz CT molecular complexity index is 390. The third-order valence-electron chi connectivity index (χ3n) is 2.67. The number of anilines is 1. The molecule has 0 bridgehead atoms. The number of halogens is 1. The summed E-state index contributed by atoms with van der Waals surface area (Å²) in [6, 6.07) is 4.85. The maximum absolute atomic E-state index is 12.1. The number of amides is 1. The van der Waals surface area contributed by atoms with Gasteiger partial charge in [-0.2, -0.15) is 0 Å². The zero-order chi connectivity index (χ0) is 13.5. The third-order valence-corrected chi connectivity index (χ3v) is 2.88. The molecule has 0 fully saturated rings. The number of hydrogen-bond donors (Lipinski definition) is 2. The fraction of sp³-hybridized carbons (Fsp3) is 0.462. The highest BCUT2D eigenvalue weighted by Gasteiger charge is 2.12. The summed E-state index contributed by atoms with van der Waals surface area (Å²) in [7, 11) is 1.75. The number of rotatable bonds is 6. The van der Waals surface area contributed by atoms with E-state index in [2.05, 4.69) is 0 Å². The van der Waals surface area contributed by atoms with E-state index in [0.29, 0.717) is 22.8 Å². The molecule has 0 heterocycles. The van der Waals surface area contributed by atoms with Gasteiger partial charge < -0.3 is 15.7 Å². The van der Waals surface area contributed by atoms with Crippen LogP contribution < -0.4 is 5.73 Å². The van der Waals surface area contributed by atoms with Crippen LogP contribution in [0.15, 0.2) is 18.2 Å². The molecule has 1 aromatic carbocycles. The molecule has 0 aliphatic heterocycles. The molecule has 0 saturated heterocycles. The first-order valence-electron chi connectivity index (χ1n) is 5.97. The Labute approximate surface area is 112 Å². The fourth-order valence-corrected chi connectivity index (χ4v) is 1.94. The quantitative estimate of drug-likeness (QED) is 0.615. The van der Waals surface area contributed by atoms with Gasteiger partial charge in [-0.05, 0) is 37.5 Å². The van der Waals surface area contributed by atoms with E-state index >= 15 is 0 Å². The number of unbranched alkanes of at least 4 members (excludes halogenated alkanes) is 2. The number of nitrogen functional groups attached to an aromatic ring is 1. The molecule has 0 aliphatic rings. The van der Waals surface area contributed by atoms with E-state index in [0.717, 1.165) is 19.3 Å². The third kappa shape index (κ3) is 4.55. The lowest BCUT2D eigenvalue weighted by Gasteiger charge is -2.17. The Kier molecular flexibility index (Phi) is 5.95. The first-order valence-corrected chi connectivity index (χ1v) is 6.35. The van der Waals surface area contributed by atoms with E-state index in [9.17, 15) is 4.79 Å². The predicted octanol–water partition coefficient (Wildman–Crippen LogP) is 2.16. The zero-order valence-corrected chi connectivity index (χ0v) is 11.3. The van der Waals surface area contributed by atoms with Crippen molar-refractivity contribution in [1.29, 1.82) is 0 Å². The first kappa shape index (κ1) is 14.8. The molecule has 0 saturated carbocycles. The van der Waals surface area contributed by atoms with Crippen LogP contribution in [0.25, 0.3) is 0 Å². The zero-order valence-electron chi connectivity index (χ0n) is 10.5. The molecule has 3 N–H and O–H groups in total. The molecule has 100 valence electrons. The molecule has 1 amide bonds. The lowest BCUT2D eigenvalue weighted by molar-refractivity contribution is 0.0792. The Morgan fingerprint density at radius 3 is 2.67 bits per heavy atom. The van der Waals surface area contributed by atoms with Crippen molar-refractivity contribution in [3.05, 3.63) is 28.8 Å². The molecule has 0 aromatic heterocycles. The topological polar surface area (TPSA) is 66.6 Å². The van der Waals surface area contributed by atoms with E-state index in [4.69, 9.17) is 22.4 Å². The van der Waals surface area contributed by atoms with E-state index in [1.165, 1.54) is 0 Å². The van der Waals surface area contributed by atoms with Crippen molar-refractivity contribution >= 4 is 23.2 Å². The molecule has 1 aromatic rings. The van der Waals surface area contributed by atoms with Crippen molar-refractivity contribution in [2.75, 3.05) is 25.9 Å². The standard InChI is InChI=1S/C13H19ClN2O2/c1-16(5-3-2-4-6-17)13(18)10-7-11(14)9-12(15)8-10/h7-9,17H,2-6,15H2,1H3. The Balaban J connectivity index is 2.57. The molecule has 1 rings (SSSR count). The van der Waals surface area contributed by atoms with Crippen molar-refractivity contribution in [3.63, 3.8) is 0 Å². The first-order chi connectivity index (χ1) is 8.54. The summed E-state index contributed by atoms with van der Waals surface area (Å²) < 4.78 is 0. The number of benzene rings is 1. The second kappa shape index (κ2) is 7.24. The molecule has 0 radical (unpaired) electrons. The number of nitrogens with zero attached hydrogens (tertiary/aromatic N) is 1. The lowest BCUT2D eigenvalue weighted by atomic mass is 10.1. The summed E-state index contributed by atoms with van der Waals surface area (Å²) in [5, 5.41) is 9.14. The second-order valence-corrected chi connectivity index (χ2v) is 4.72. The molecule has 0 unspecified atom stereocenters. The molecular formula is C13H19ClN2O2. The van der Waals surface area contributed by atoms with Gasteiger partial charge in [-0.25, -0.2) is 0 Å². The van der Waals surface area contributed by atoms with E-state index in [-0.39, 0.29) is 12.5 Å². The van der Waals surface area contributed by atoms with Gasteiger partial charge in [0.15, 0.2) is 0 Å². The van der Waals surface area contributed by atoms with Crippen molar-refractivity contribution in [1.82, 2.24) is 4.90 Å². The van der Waals surface area contributed by atoms with Gasteiger partial charge in [0.25, 0.3) is 5.91 Å². The van der Waals surface area contributed by atoms with Gasteiger partial charge in [0.2, 0.25) is 0 Å². The number of nitrogens with two attached hydrogens (primary N) is 1. The summed E-state index contributed by atoms with van der Waals surface area (Å²) in [4.78, 5) is 13.7. The Morgan fingerprint density at radius 1 is 1.33 bits per heavy atom. The van der Waals surface area contributed by atoms with Crippen LogP contribution >= 0.6 is 11.6 Å². The minimum Gasteiger partial charge on any atom is -0.399 e. The smallest absolute Gasteiger partial charge is 0.253 e. The van der Waals surface area contributed by atoms with Gasteiger partial charge in [0.1, 0.15) is 0 Å². The van der Waals surface area contributed by atoms with Crippen LogP contribution in [0.1, 0.15) is 29.6 Å². The Morgan fingerprint density at radius 2 is 2.06 bits per heavy atom. The number of aliphatic hydroxyl groups is 1. The van der Waals surface area contributed by atoms with E-state index in [1.54, 1.807) is 30.1 Å².